The number of aryl methyl sites for hydroxylation is 1. The maximum Gasteiger partial charge on any atom is 0.306 e. The molecule has 15 nitrogen and oxygen atoms in total. The molecule has 0 bridgehead atoms. The van der Waals surface area contributed by atoms with Crippen molar-refractivity contribution in [1.82, 2.24) is 30.8 Å². The zero-order chi connectivity index (χ0) is 32.9. The van der Waals surface area contributed by atoms with E-state index in [0.717, 1.165) is 11.1 Å². The van der Waals surface area contributed by atoms with Gasteiger partial charge in [0.05, 0.1) is 42.1 Å². The Kier molecular flexibility index (Phi) is 8.84. The number of ether oxygens (including phenoxy) is 3. The van der Waals surface area contributed by atoms with Gasteiger partial charge in [-0.15, -0.1) is 0 Å². The second-order valence-corrected chi connectivity index (χ2v) is 10.7. The van der Waals surface area contributed by atoms with Gasteiger partial charge >= 0.3 is 12.0 Å². The third-order valence-corrected chi connectivity index (χ3v) is 7.43. The van der Waals surface area contributed by atoms with Crippen LogP contribution in [0.25, 0.3) is 0 Å². The number of hydrogen-bond donors (Lipinski definition) is 5. The Labute approximate surface area is 269 Å². The molecule has 2 aromatic carbocycles. The van der Waals surface area contributed by atoms with E-state index in [1.54, 1.807) is 37.1 Å². The maximum absolute atomic E-state index is 13.3. The van der Waals surface area contributed by atoms with Gasteiger partial charge in [0.2, 0.25) is 0 Å². The topological polar surface area (TPSA) is 204 Å². The van der Waals surface area contributed by atoms with Crippen LogP contribution in [0.4, 0.5) is 5.69 Å². The molecule has 1 amide bonds. The van der Waals surface area contributed by atoms with Crippen LogP contribution in [0, 0.1) is 11.3 Å². The second-order valence-electron chi connectivity index (χ2n) is 10.7. The number of fused-ring (bicyclic) bond motifs is 1. The lowest BCUT2D eigenvalue weighted by molar-refractivity contribution is -0.143. The number of benzene rings is 2. The third kappa shape index (κ3) is 6.77. The largest absolute Gasteiger partial charge is 0.466 e. The SMILES string of the molecule is CCOC(=O)CCc1cc(OC2=C3NC(=O)C(c4cnc[nH]4)N=C3N(C)C(Oc3cc(C#N)ccc3N)=N2)cc(C2NC=CCN2)c1. The van der Waals surface area contributed by atoms with Gasteiger partial charge in [-0.25, -0.2) is 9.98 Å². The van der Waals surface area contributed by atoms with Crippen LogP contribution in [0.5, 0.6) is 11.5 Å². The maximum atomic E-state index is 13.3. The van der Waals surface area contributed by atoms with Gasteiger partial charge in [-0.05, 0) is 54.9 Å². The van der Waals surface area contributed by atoms with Crippen molar-refractivity contribution in [3.8, 4) is 17.6 Å². The number of amidine groups is 2. The van der Waals surface area contributed by atoms with E-state index in [0.29, 0.717) is 42.4 Å². The van der Waals surface area contributed by atoms with Crippen LogP contribution in [0.1, 0.15) is 47.9 Å². The lowest BCUT2D eigenvalue weighted by Crippen LogP contribution is -2.49. The number of nitriles is 1. The van der Waals surface area contributed by atoms with E-state index in [-0.39, 0.29) is 47.6 Å². The van der Waals surface area contributed by atoms with Gasteiger partial charge < -0.3 is 35.6 Å². The molecule has 3 aliphatic rings. The average Bonchev–Trinajstić information content (AvgIpc) is 3.62. The van der Waals surface area contributed by atoms with Gasteiger partial charge in [0.25, 0.3) is 11.8 Å². The smallest absolute Gasteiger partial charge is 0.306 e. The Morgan fingerprint density at radius 3 is 2.83 bits per heavy atom. The van der Waals surface area contributed by atoms with Crippen molar-refractivity contribution in [2.45, 2.75) is 32.0 Å². The van der Waals surface area contributed by atoms with Crippen molar-refractivity contribution in [3.05, 3.63) is 95.2 Å². The Morgan fingerprint density at radius 1 is 1.21 bits per heavy atom. The molecule has 240 valence electrons. The molecule has 3 aliphatic heterocycles. The summed E-state index contributed by atoms with van der Waals surface area (Å²) in [6, 6.07) is 11.4. The molecule has 0 aliphatic carbocycles. The fraction of sp³-hybridized carbons (Fsp3) is 0.250. The summed E-state index contributed by atoms with van der Waals surface area (Å²) < 4.78 is 17.7. The highest BCUT2D eigenvalue weighted by molar-refractivity contribution is 6.14. The average molecular weight is 637 g/mol. The Hall–Kier alpha value is -6.14. The van der Waals surface area contributed by atoms with Gasteiger partial charge in [-0.2, -0.15) is 10.3 Å². The molecule has 2 atom stereocenters. The van der Waals surface area contributed by atoms with Gasteiger partial charge in [-0.1, -0.05) is 12.1 Å². The summed E-state index contributed by atoms with van der Waals surface area (Å²) in [6.45, 7) is 2.72. The molecule has 15 heteroatoms. The number of imidazole rings is 1. The number of likely N-dealkylation sites (N-methyl/N-ethyl adjacent to an activating group) is 1. The highest BCUT2D eigenvalue weighted by atomic mass is 16.5. The van der Waals surface area contributed by atoms with Crippen molar-refractivity contribution < 1.29 is 23.8 Å². The number of aromatic nitrogens is 2. The van der Waals surface area contributed by atoms with E-state index in [4.69, 9.17) is 24.9 Å². The monoisotopic (exact) mass is 636 g/mol. The minimum absolute atomic E-state index is 0.00113. The predicted octanol–water partition coefficient (Wildman–Crippen LogP) is 2.26. The van der Waals surface area contributed by atoms with Crippen LogP contribution in [-0.4, -0.2) is 58.8 Å². The molecule has 0 saturated heterocycles. The Balaban J connectivity index is 1.41. The number of nitrogens with two attached hydrogens (primary N) is 1. The molecule has 0 fully saturated rings. The summed E-state index contributed by atoms with van der Waals surface area (Å²) in [5.41, 5.74) is 9.18. The number of carbonyl (C=O) groups excluding carboxylic acids is 2. The van der Waals surface area contributed by atoms with E-state index in [1.165, 1.54) is 18.6 Å². The molecule has 47 heavy (non-hydrogen) atoms. The molecule has 0 radical (unpaired) electrons. The molecule has 2 unspecified atom stereocenters. The summed E-state index contributed by atoms with van der Waals surface area (Å²) >= 11 is 0. The molecule has 3 aromatic rings. The minimum Gasteiger partial charge on any atom is -0.466 e. The summed E-state index contributed by atoms with van der Waals surface area (Å²) in [7, 11) is 1.67. The standard InChI is InChI=1S/C32H32N10O5/c1-3-45-25(43)8-6-18-11-20(28-36-9-4-10-37-28)14-21(12-18)46-31-27-29(39-26(30(44)40-27)23-16-35-17-38-23)42(2)32(41-31)47-24-13-19(15-33)5-7-22(24)34/h4-5,7,9,11-14,16-17,26,28,36-37H,3,6,8,10,34H2,1-2H3,(H,35,38)(H,40,44). The number of aliphatic imine (C=N–C) groups is 2. The molecular formula is C32H32N10O5. The predicted molar refractivity (Wildman–Crippen MR) is 170 cm³/mol. The quantitative estimate of drug-likeness (QED) is 0.170. The third-order valence-electron chi connectivity index (χ3n) is 7.43. The minimum atomic E-state index is -0.930. The van der Waals surface area contributed by atoms with E-state index in [1.807, 2.05) is 24.4 Å². The molecule has 0 saturated carbocycles. The van der Waals surface area contributed by atoms with Crippen LogP contribution in [0.2, 0.25) is 0 Å². The fourth-order valence-corrected chi connectivity index (χ4v) is 5.12. The van der Waals surface area contributed by atoms with Gasteiger partial charge in [0.15, 0.2) is 17.6 Å². The molecule has 4 heterocycles. The van der Waals surface area contributed by atoms with E-state index < -0.39 is 11.9 Å². The van der Waals surface area contributed by atoms with Crippen LogP contribution >= 0.6 is 0 Å². The fourth-order valence-electron chi connectivity index (χ4n) is 5.12. The number of nitrogen functional groups attached to an aromatic ring is 1. The lowest BCUT2D eigenvalue weighted by Gasteiger charge is -2.33. The number of rotatable bonds is 9. The van der Waals surface area contributed by atoms with Gasteiger partial charge in [-0.3, -0.25) is 19.8 Å². The van der Waals surface area contributed by atoms with E-state index >= 15 is 0 Å². The van der Waals surface area contributed by atoms with Gasteiger partial charge in [0, 0.05) is 26.1 Å². The van der Waals surface area contributed by atoms with E-state index in [2.05, 4.69) is 37.0 Å². The molecule has 1 aromatic heterocycles. The van der Waals surface area contributed by atoms with Crippen LogP contribution in [0.15, 0.2) is 82.8 Å². The first-order chi connectivity index (χ1) is 22.8. The Morgan fingerprint density at radius 2 is 2.09 bits per heavy atom. The number of aromatic amines is 1. The number of nitrogens with one attached hydrogen (secondary N) is 4. The lowest BCUT2D eigenvalue weighted by atomic mass is 10.0. The number of hydrogen-bond acceptors (Lipinski definition) is 13. The first-order valence-electron chi connectivity index (χ1n) is 14.9. The van der Waals surface area contributed by atoms with Crippen molar-refractivity contribution in [1.29, 1.82) is 5.26 Å². The highest BCUT2D eigenvalue weighted by Gasteiger charge is 2.38. The van der Waals surface area contributed by atoms with Crippen LogP contribution in [-0.2, 0) is 20.7 Å². The molecule has 6 rings (SSSR count). The van der Waals surface area contributed by atoms with Crippen molar-refractivity contribution in [2.24, 2.45) is 9.98 Å². The zero-order valence-electron chi connectivity index (χ0n) is 25.6. The summed E-state index contributed by atoms with van der Waals surface area (Å²) in [5, 5.41) is 19.0. The first kappa shape index (κ1) is 30.9. The number of carbonyl (C=O) groups is 2. The molecule has 6 N–H and O–H groups in total. The number of amides is 1. The summed E-state index contributed by atoms with van der Waals surface area (Å²) in [4.78, 5) is 43.3. The van der Waals surface area contributed by atoms with Crippen LogP contribution < -0.4 is 31.2 Å². The zero-order valence-corrected chi connectivity index (χ0v) is 25.6. The Bertz CT molecular complexity index is 1860. The number of H-pyrrole nitrogens is 1. The second kappa shape index (κ2) is 13.5. The van der Waals surface area contributed by atoms with Gasteiger partial charge in [0.1, 0.15) is 17.6 Å². The molecule has 0 spiro atoms. The normalized spacial score (nSPS) is 18.7. The summed E-state index contributed by atoms with van der Waals surface area (Å²) in [6.07, 6.45) is 7.18. The number of nitrogens with zero attached hydrogens (tertiary/aromatic N) is 5. The molecular weight excluding hydrogens is 604 g/mol. The van der Waals surface area contributed by atoms with E-state index in [9.17, 15) is 14.9 Å². The van der Waals surface area contributed by atoms with Crippen molar-refractivity contribution >= 4 is 29.4 Å². The summed E-state index contributed by atoms with van der Waals surface area (Å²) in [5.74, 6) is 0.180. The number of esters is 1. The first-order valence-corrected chi connectivity index (χ1v) is 14.9. The van der Waals surface area contributed by atoms with Crippen molar-refractivity contribution in [2.75, 3.05) is 25.9 Å². The van der Waals surface area contributed by atoms with Crippen LogP contribution in [0.3, 0.4) is 0 Å². The van der Waals surface area contributed by atoms with Crippen molar-refractivity contribution in [3.63, 3.8) is 0 Å². The number of anilines is 1. The highest BCUT2D eigenvalue weighted by Crippen LogP contribution is 2.31.